The molecule has 0 saturated heterocycles. The van der Waals surface area contributed by atoms with Crippen LogP contribution in [0.25, 0.3) is 5.57 Å². The van der Waals surface area contributed by atoms with Gasteiger partial charge in [0.1, 0.15) is 11.8 Å². The summed E-state index contributed by atoms with van der Waals surface area (Å²) >= 11 is 0. The van der Waals surface area contributed by atoms with Crippen LogP contribution in [0.15, 0.2) is 23.2 Å². The Morgan fingerprint density at radius 3 is 2.86 bits per heavy atom. The molecule has 0 spiro atoms. The van der Waals surface area contributed by atoms with Crippen molar-refractivity contribution in [3.63, 3.8) is 0 Å². The first-order valence-corrected chi connectivity index (χ1v) is 6.80. The Kier molecular flexibility index (Phi) is 4.73. The molecule has 0 unspecified atom stereocenters. The number of aromatic nitrogens is 1. The van der Waals surface area contributed by atoms with Crippen molar-refractivity contribution in [3.8, 4) is 6.07 Å². The molecule has 1 aliphatic rings. The van der Waals surface area contributed by atoms with Gasteiger partial charge in [-0.15, -0.1) is 0 Å². The fourth-order valence-electron chi connectivity index (χ4n) is 2.07. The van der Waals surface area contributed by atoms with E-state index in [0.717, 1.165) is 5.57 Å². The number of hydrogen-bond acceptors (Lipinski definition) is 4. The van der Waals surface area contributed by atoms with Gasteiger partial charge in [0.25, 0.3) is 0 Å². The number of pyridine rings is 1. The Balaban J connectivity index is 2.24. The molecule has 1 N–H and O–H groups in total. The molecule has 0 radical (unpaired) electrons. The molecule has 1 aromatic rings. The molecule has 0 aromatic carbocycles. The minimum atomic E-state index is -0.922. The summed E-state index contributed by atoms with van der Waals surface area (Å²) in [6.07, 6.45) is 3.12. The second-order valence-electron chi connectivity index (χ2n) is 5.09. The molecule has 7 nitrogen and oxygen atoms in total. The van der Waals surface area contributed by atoms with Crippen LogP contribution in [0, 0.1) is 11.3 Å². The highest BCUT2D eigenvalue weighted by Crippen LogP contribution is 2.24. The normalized spacial score (nSPS) is 14.6. The van der Waals surface area contributed by atoms with Gasteiger partial charge in [0, 0.05) is 27.2 Å². The topological polar surface area (TPSA) is 92.8 Å². The Labute approximate surface area is 128 Å². The SMILES string of the molecule is CN(C)/C=N/c1ccc(C2=CCN(C(=O)O)CC2)nc1C#N. The van der Waals surface area contributed by atoms with E-state index in [1.165, 1.54) is 4.90 Å². The summed E-state index contributed by atoms with van der Waals surface area (Å²) in [6.45, 7) is 0.778. The van der Waals surface area contributed by atoms with Gasteiger partial charge in [-0.2, -0.15) is 5.26 Å². The van der Waals surface area contributed by atoms with E-state index in [1.807, 2.05) is 26.2 Å². The first-order chi connectivity index (χ1) is 10.5. The third kappa shape index (κ3) is 3.61. The highest BCUT2D eigenvalue weighted by molar-refractivity contribution is 5.71. The zero-order valence-electron chi connectivity index (χ0n) is 12.5. The van der Waals surface area contributed by atoms with Crippen LogP contribution in [0.1, 0.15) is 17.8 Å². The predicted molar refractivity (Wildman–Crippen MR) is 83.0 cm³/mol. The summed E-state index contributed by atoms with van der Waals surface area (Å²) in [5, 5.41) is 18.2. The zero-order chi connectivity index (χ0) is 16.1. The summed E-state index contributed by atoms with van der Waals surface area (Å²) in [4.78, 5) is 22.5. The maximum Gasteiger partial charge on any atom is 0.407 e. The fourth-order valence-corrected chi connectivity index (χ4v) is 2.07. The van der Waals surface area contributed by atoms with Crippen LogP contribution in [0.4, 0.5) is 10.5 Å². The van der Waals surface area contributed by atoms with Gasteiger partial charge in [-0.3, -0.25) is 0 Å². The van der Waals surface area contributed by atoms with E-state index in [-0.39, 0.29) is 5.69 Å². The standard InChI is InChI=1S/C15H17N5O2/c1-19(2)10-17-13-4-3-12(18-14(13)9-16)11-5-7-20(8-6-11)15(21)22/h3-5,10H,6-8H2,1-2H3,(H,21,22)/b17-10+. The molecule has 2 heterocycles. The number of hydrogen-bond donors (Lipinski definition) is 1. The van der Waals surface area contributed by atoms with Gasteiger partial charge in [0.2, 0.25) is 0 Å². The van der Waals surface area contributed by atoms with E-state index >= 15 is 0 Å². The van der Waals surface area contributed by atoms with Crippen LogP contribution in [-0.2, 0) is 0 Å². The monoisotopic (exact) mass is 299 g/mol. The molecule has 0 bridgehead atoms. The van der Waals surface area contributed by atoms with Crippen molar-refractivity contribution >= 4 is 23.7 Å². The van der Waals surface area contributed by atoms with E-state index in [9.17, 15) is 10.1 Å². The molecule has 7 heteroatoms. The van der Waals surface area contributed by atoms with E-state index in [4.69, 9.17) is 5.11 Å². The number of nitrogens with zero attached hydrogens (tertiary/aromatic N) is 5. The van der Waals surface area contributed by atoms with Crippen LogP contribution in [0.3, 0.4) is 0 Å². The van der Waals surface area contributed by atoms with Crippen molar-refractivity contribution in [2.75, 3.05) is 27.2 Å². The molecular weight excluding hydrogens is 282 g/mol. The molecule has 0 atom stereocenters. The quantitative estimate of drug-likeness (QED) is 0.680. The molecule has 0 aliphatic carbocycles. The van der Waals surface area contributed by atoms with Crippen molar-refractivity contribution in [3.05, 3.63) is 29.6 Å². The third-order valence-corrected chi connectivity index (χ3v) is 3.22. The summed E-state index contributed by atoms with van der Waals surface area (Å²) in [6, 6.07) is 5.62. The number of nitriles is 1. The lowest BCUT2D eigenvalue weighted by atomic mass is 10.0. The van der Waals surface area contributed by atoms with E-state index in [2.05, 4.69) is 16.0 Å². The van der Waals surface area contributed by atoms with Crippen molar-refractivity contribution in [1.82, 2.24) is 14.8 Å². The van der Waals surface area contributed by atoms with Crippen molar-refractivity contribution < 1.29 is 9.90 Å². The van der Waals surface area contributed by atoms with Gasteiger partial charge >= 0.3 is 6.09 Å². The first kappa shape index (κ1) is 15.5. The molecule has 1 aliphatic heterocycles. The summed E-state index contributed by atoms with van der Waals surface area (Å²) in [5.74, 6) is 0. The Morgan fingerprint density at radius 2 is 2.32 bits per heavy atom. The Bertz CT molecular complexity index is 673. The second-order valence-corrected chi connectivity index (χ2v) is 5.09. The van der Waals surface area contributed by atoms with Crippen molar-refractivity contribution in [2.24, 2.45) is 4.99 Å². The van der Waals surface area contributed by atoms with E-state index in [1.54, 1.807) is 17.3 Å². The summed E-state index contributed by atoms with van der Waals surface area (Å²) in [7, 11) is 3.69. The number of carboxylic acid groups (broad SMARTS) is 1. The zero-order valence-corrected chi connectivity index (χ0v) is 12.5. The highest BCUT2D eigenvalue weighted by Gasteiger charge is 2.18. The Hall–Kier alpha value is -2.88. The second kappa shape index (κ2) is 6.72. The van der Waals surface area contributed by atoms with Gasteiger partial charge < -0.3 is 14.9 Å². The lowest BCUT2D eigenvalue weighted by molar-refractivity contribution is 0.150. The van der Waals surface area contributed by atoms with Crippen LogP contribution in [0.2, 0.25) is 0 Å². The lowest BCUT2D eigenvalue weighted by Crippen LogP contribution is -2.33. The molecule has 2 rings (SSSR count). The molecule has 0 fully saturated rings. The third-order valence-electron chi connectivity index (χ3n) is 3.22. The van der Waals surface area contributed by atoms with Gasteiger partial charge in [0.15, 0.2) is 5.69 Å². The molecule has 0 saturated carbocycles. The van der Waals surface area contributed by atoms with Gasteiger partial charge in [-0.05, 0) is 24.1 Å². The summed E-state index contributed by atoms with van der Waals surface area (Å²) in [5.41, 5.74) is 2.43. The number of aliphatic imine (C=N–C) groups is 1. The smallest absolute Gasteiger partial charge is 0.407 e. The Morgan fingerprint density at radius 1 is 1.55 bits per heavy atom. The first-order valence-electron chi connectivity index (χ1n) is 6.80. The van der Waals surface area contributed by atoms with Crippen molar-refractivity contribution in [1.29, 1.82) is 5.26 Å². The lowest BCUT2D eigenvalue weighted by Gasteiger charge is -2.23. The average Bonchev–Trinajstić information content (AvgIpc) is 2.52. The van der Waals surface area contributed by atoms with Crippen molar-refractivity contribution in [2.45, 2.75) is 6.42 Å². The molecule has 1 amide bonds. The molecular formula is C15H17N5O2. The minimum absolute atomic E-state index is 0.261. The minimum Gasteiger partial charge on any atom is -0.465 e. The van der Waals surface area contributed by atoms with Gasteiger partial charge in [0.05, 0.1) is 12.0 Å². The van der Waals surface area contributed by atoms with Crippen LogP contribution >= 0.6 is 0 Å². The van der Waals surface area contributed by atoms with E-state index < -0.39 is 6.09 Å². The molecule has 114 valence electrons. The number of carbonyl (C=O) groups is 1. The van der Waals surface area contributed by atoms with Crippen LogP contribution in [0.5, 0.6) is 0 Å². The summed E-state index contributed by atoms with van der Waals surface area (Å²) < 4.78 is 0. The number of rotatable bonds is 3. The number of amides is 1. The van der Waals surface area contributed by atoms with Gasteiger partial charge in [-0.1, -0.05) is 6.08 Å². The molecule has 1 aromatic heterocycles. The van der Waals surface area contributed by atoms with Crippen LogP contribution < -0.4 is 0 Å². The fraction of sp³-hybridized carbons (Fsp3) is 0.333. The van der Waals surface area contributed by atoms with Crippen LogP contribution in [-0.4, -0.2) is 59.5 Å². The predicted octanol–water partition coefficient (Wildman–Crippen LogP) is 1.94. The largest absolute Gasteiger partial charge is 0.465 e. The van der Waals surface area contributed by atoms with Gasteiger partial charge in [-0.25, -0.2) is 14.8 Å². The highest BCUT2D eigenvalue weighted by atomic mass is 16.4. The average molecular weight is 299 g/mol. The maximum atomic E-state index is 10.9. The molecule has 22 heavy (non-hydrogen) atoms. The maximum absolute atomic E-state index is 10.9. The van der Waals surface area contributed by atoms with E-state index in [0.29, 0.717) is 30.9 Å².